The molecule has 2 N–H and O–H groups in total. The van der Waals surface area contributed by atoms with Gasteiger partial charge in [-0.2, -0.15) is 0 Å². The Labute approximate surface area is 166 Å². The van der Waals surface area contributed by atoms with E-state index in [1.165, 1.54) is 0 Å². The molecule has 0 spiro atoms. The smallest absolute Gasteiger partial charge is 0.238 e. The molecule has 28 heavy (non-hydrogen) atoms. The average Bonchev–Trinajstić information content (AvgIpc) is 3.18. The lowest BCUT2D eigenvalue weighted by Crippen LogP contribution is -2.52. The summed E-state index contributed by atoms with van der Waals surface area (Å²) in [5, 5.41) is 14.2. The molecular formula is C21H29N5O2. The molecule has 2 aliphatic rings. The number of amides is 1. The number of aliphatic hydroxyl groups is 1. The number of aryl methyl sites for hydroxylation is 1. The molecule has 2 aliphatic heterocycles. The van der Waals surface area contributed by atoms with Crippen LogP contribution in [0.4, 0.5) is 11.4 Å². The van der Waals surface area contributed by atoms with Gasteiger partial charge >= 0.3 is 0 Å². The maximum atomic E-state index is 12.6. The van der Waals surface area contributed by atoms with Crippen molar-refractivity contribution in [2.45, 2.75) is 43.4 Å². The number of nitrogens with one attached hydrogen (secondary N) is 1. The van der Waals surface area contributed by atoms with Crippen molar-refractivity contribution in [2.24, 2.45) is 7.05 Å². The molecule has 0 saturated carbocycles. The van der Waals surface area contributed by atoms with Gasteiger partial charge in [0.1, 0.15) is 11.4 Å². The van der Waals surface area contributed by atoms with E-state index in [0.717, 1.165) is 30.0 Å². The lowest BCUT2D eigenvalue weighted by Gasteiger charge is -2.43. The minimum Gasteiger partial charge on any atom is -0.382 e. The number of hydrogen-bond donors (Lipinski definition) is 2. The summed E-state index contributed by atoms with van der Waals surface area (Å²) in [4.78, 5) is 21.3. The number of carbonyl (C=O) groups excluding carboxylic acids is 1. The lowest BCUT2D eigenvalue weighted by molar-refractivity contribution is -0.121. The molecule has 1 aromatic carbocycles. The second kappa shape index (κ2) is 7.22. The number of imidazole rings is 1. The van der Waals surface area contributed by atoms with Crippen LogP contribution < -0.4 is 10.2 Å². The van der Waals surface area contributed by atoms with E-state index in [4.69, 9.17) is 0 Å². The monoisotopic (exact) mass is 383 g/mol. The van der Waals surface area contributed by atoms with Crippen LogP contribution in [0.1, 0.15) is 31.5 Å². The molecule has 2 aromatic rings. The fourth-order valence-corrected chi connectivity index (χ4v) is 4.78. The molecule has 7 heteroatoms. The summed E-state index contributed by atoms with van der Waals surface area (Å²) >= 11 is 0. The molecule has 1 aromatic heterocycles. The van der Waals surface area contributed by atoms with Crippen LogP contribution in [0, 0.1) is 0 Å². The van der Waals surface area contributed by atoms with Gasteiger partial charge in [0.25, 0.3) is 0 Å². The van der Waals surface area contributed by atoms with Crippen LogP contribution in [-0.2, 0) is 17.4 Å². The molecule has 0 radical (unpaired) electrons. The van der Waals surface area contributed by atoms with Crippen molar-refractivity contribution in [3.05, 3.63) is 42.5 Å². The zero-order valence-corrected chi connectivity index (χ0v) is 16.8. The molecule has 2 saturated heterocycles. The third-order valence-corrected chi connectivity index (χ3v) is 6.15. The third-order valence-electron chi connectivity index (χ3n) is 6.15. The van der Waals surface area contributed by atoms with Crippen LogP contribution >= 0.6 is 0 Å². The molecule has 4 rings (SSSR count). The van der Waals surface area contributed by atoms with Crippen molar-refractivity contribution >= 4 is 17.3 Å². The lowest BCUT2D eigenvalue weighted by atomic mass is 9.85. The van der Waals surface area contributed by atoms with Gasteiger partial charge < -0.3 is 19.9 Å². The van der Waals surface area contributed by atoms with Crippen LogP contribution in [-0.4, -0.2) is 58.2 Å². The normalized spacial score (nSPS) is 27.0. The Morgan fingerprint density at radius 2 is 1.89 bits per heavy atom. The number of piperidine rings is 1. The van der Waals surface area contributed by atoms with Gasteiger partial charge in [-0.25, -0.2) is 4.98 Å². The number of benzene rings is 1. The van der Waals surface area contributed by atoms with Gasteiger partial charge in [-0.15, -0.1) is 0 Å². The number of nitrogens with zero attached hydrogens (tertiary/aromatic N) is 4. The van der Waals surface area contributed by atoms with Crippen LogP contribution in [0.3, 0.4) is 0 Å². The zero-order valence-electron chi connectivity index (χ0n) is 16.8. The standard InChI is InChI=1S/C21H29N5O2/c1-24(2)16-6-4-15(5-7-16)23-19(27)14-26-17-8-9-18(26)13-21(28,12-17)20-22-10-11-25(20)3/h4-7,10-11,17-18,28H,8-9,12-14H2,1-3H3,(H,23,27)/t17-,18-/m0/s1. The largest absolute Gasteiger partial charge is 0.382 e. The van der Waals surface area contributed by atoms with E-state index < -0.39 is 5.60 Å². The molecule has 150 valence electrons. The van der Waals surface area contributed by atoms with E-state index in [0.29, 0.717) is 19.4 Å². The van der Waals surface area contributed by atoms with Crippen molar-refractivity contribution in [3.63, 3.8) is 0 Å². The summed E-state index contributed by atoms with van der Waals surface area (Å²) in [6.45, 7) is 0.363. The minimum atomic E-state index is -0.904. The number of hydrogen-bond acceptors (Lipinski definition) is 5. The molecule has 7 nitrogen and oxygen atoms in total. The van der Waals surface area contributed by atoms with E-state index in [2.05, 4.69) is 15.2 Å². The fraction of sp³-hybridized carbons (Fsp3) is 0.524. The van der Waals surface area contributed by atoms with Crippen molar-refractivity contribution in [2.75, 3.05) is 30.9 Å². The van der Waals surface area contributed by atoms with Gasteiger partial charge in [0.05, 0.1) is 6.54 Å². The summed E-state index contributed by atoms with van der Waals surface area (Å²) in [6, 6.07) is 8.26. The van der Waals surface area contributed by atoms with Crippen LogP contribution in [0.25, 0.3) is 0 Å². The maximum absolute atomic E-state index is 12.6. The predicted octanol–water partition coefficient (Wildman–Crippen LogP) is 1.94. The topological polar surface area (TPSA) is 73.6 Å². The SMILES string of the molecule is CN(C)c1ccc(NC(=O)CN2[C@H]3CC[C@H]2CC(O)(c2nccn2C)C3)cc1. The molecule has 2 bridgehead atoms. The highest BCUT2D eigenvalue weighted by atomic mass is 16.3. The summed E-state index contributed by atoms with van der Waals surface area (Å²) < 4.78 is 1.90. The maximum Gasteiger partial charge on any atom is 0.238 e. The summed E-state index contributed by atoms with van der Waals surface area (Å²) in [5.41, 5.74) is 1.00. The van der Waals surface area contributed by atoms with E-state index in [-0.39, 0.29) is 18.0 Å². The van der Waals surface area contributed by atoms with E-state index in [1.807, 2.05) is 61.1 Å². The zero-order chi connectivity index (χ0) is 19.9. The van der Waals surface area contributed by atoms with E-state index >= 15 is 0 Å². The van der Waals surface area contributed by atoms with E-state index in [1.54, 1.807) is 6.20 Å². The number of anilines is 2. The van der Waals surface area contributed by atoms with Crippen LogP contribution in [0.5, 0.6) is 0 Å². The van der Waals surface area contributed by atoms with Gasteiger partial charge in [-0.05, 0) is 49.9 Å². The molecule has 2 fully saturated rings. The Morgan fingerprint density at radius 3 is 2.43 bits per heavy atom. The number of rotatable bonds is 5. The molecule has 2 atom stereocenters. The van der Waals surface area contributed by atoms with Crippen LogP contribution in [0.2, 0.25) is 0 Å². The number of carbonyl (C=O) groups is 1. The first-order chi connectivity index (χ1) is 13.4. The third kappa shape index (κ3) is 3.52. The number of aromatic nitrogens is 2. The van der Waals surface area contributed by atoms with Crippen molar-refractivity contribution in [3.8, 4) is 0 Å². The van der Waals surface area contributed by atoms with Crippen molar-refractivity contribution < 1.29 is 9.90 Å². The van der Waals surface area contributed by atoms with E-state index in [9.17, 15) is 9.90 Å². The summed E-state index contributed by atoms with van der Waals surface area (Å²) in [6.07, 6.45) is 6.88. The highest BCUT2D eigenvalue weighted by Crippen LogP contribution is 2.44. The molecule has 1 amide bonds. The Morgan fingerprint density at radius 1 is 1.25 bits per heavy atom. The molecular weight excluding hydrogens is 354 g/mol. The molecule has 3 heterocycles. The van der Waals surface area contributed by atoms with Crippen molar-refractivity contribution in [1.29, 1.82) is 0 Å². The van der Waals surface area contributed by atoms with Gasteiger partial charge in [-0.1, -0.05) is 0 Å². The number of fused-ring (bicyclic) bond motifs is 2. The van der Waals surface area contributed by atoms with Crippen LogP contribution in [0.15, 0.2) is 36.7 Å². The minimum absolute atomic E-state index is 0.00284. The highest BCUT2D eigenvalue weighted by molar-refractivity contribution is 5.92. The highest BCUT2D eigenvalue weighted by Gasteiger charge is 2.50. The van der Waals surface area contributed by atoms with Gasteiger partial charge in [-0.3, -0.25) is 9.69 Å². The van der Waals surface area contributed by atoms with Gasteiger partial charge in [0, 0.05) is 57.0 Å². The van der Waals surface area contributed by atoms with Gasteiger partial charge in [0.2, 0.25) is 5.91 Å². The Bertz CT molecular complexity index is 831. The Balaban J connectivity index is 1.40. The fourth-order valence-electron chi connectivity index (χ4n) is 4.78. The second-order valence-corrected chi connectivity index (χ2v) is 8.35. The Kier molecular flexibility index (Phi) is 4.89. The predicted molar refractivity (Wildman–Crippen MR) is 109 cm³/mol. The average molecular weight is 383 g/mol. The Hall–Kier alpha value is -2.38. The quantitative estimate of drug-likeness (QED) is 0.826. The summed E-state index contributed by atoms with van der Waals surface area (Å²) in [5.74, 6) is 0.728. The first-order valence-electron chi connectivity index (χ1n) is 9.89. The summed E-state index contributed by atoms with van der Waals surface area (Å²) in [7, 11) is 5.90. The molecule has 0 aliphatic carbocycles. The first-order valence-corrected chi connectivity index (χ1v) is 9.89. The second-order valence-electron chi connectivity index (χ2n) is 8.35. The first kappa shape index (κ1) is 19.0. The van der Waals surface area contributed by atoms with Crippen molar-refractivity contribution in [1.82, 2.24) is 14.5 Å². The molecule has 0 unspecified atom stereocenters. The van der Waals surface area contributed by atoms with Gasteiger partial charge in [0.15, 0.2) is 0 Å².